The molecular weight excluding hydrogens is 575 g/mol. The quantitative estimate of drug-likeness (QED) is 0.148. The summed E-state index contributed by atoms with van der Waals surface area (Å²) in [6.45, 7) is 5.27. The topological polar surface area (TPSA) is 150 Å². The zero-order chi connectivity index (χ0) is 28.6. The Kier molecular flexibility index (Phi) is 7.65. The molecule has 0 saturated heterocycles. The first kappa shape index (κ1) is 27.4. The van der Waals surface area contributed by atoms with E-state index in [9.17, 15) is 24.5 Å². The molecule has 0 bridgehead atoms. The molecule has 40 heavy (non-hydrogen) atoms. The average molecular weight is 596 g/mol. The number of nitro groups is 1. The number of carbonyl (C=O) groups is 1. The van der Waals surface area contributed by atoms with Gasteiger partial charge in [0.1, 0.15) is 6.04 Å². The molecule has 1 aliphatic heterocycles. The second-order valence-corrected chi connectivity index (χ2v) is 11.6. The molecule has 1 aliphatic rings. The molecule has 0 unspecified atom stereocenters. The van der Waals surface area contributed by atoms with Crippen LogP contribution in [-0.2, 0) is 9.53 Å². The SMILES string of the molecule is CCOC(=O)C1=C(C)N=c2s/c(=C/c3cc([N+](=O)[O-])ccc3Sc3nc(C)cc(=O)[nH]3)c(=O)n2[C@H]1c1cccs1. The number of allylic oxidation sites excluding steroid dienone is 1. The van der Waals surface area contributed by atoms with Crippen molar-refractivity contribution in [1.82, 2.24) is 14.5 Å². The van der Waals surface area contributed by atoms with Gasteiger partial charge in [-0.3, -0.25) is 24.3 Å². The second-order valence-electron chi connectivity index (χ2n) is 8.59. The molecule has 0 aliphatic carbocycles. The van der Waals surface area contributed by atoms with Gasteiger partial charge in [-0.1, -0.05) is 29.2 Å². The summed E-state index contributed by atoms with van der Waals surface area (Å²) in [4.78, 5) is 63.0. The maximum atomic E-state index is 13.8. The van der Waals surface area contributed by atoms with E-state index < -0.39 is 22.5 Å². The molecule has 3 aromatic heterocycles. The first-order valence-corrected chi connectivity index (χ1v) is 14.4. The summed E-state index contributed by atoms with van der Waals surface area (Å²) in [5.74, 6) is -0.548. The predicted molar refractivity (Wildman–Crippen MR) is 152 cm³/mol. The van der Waals surface area contributed by atoms with Crippen LogP contribution < -0.4 is 20.5 Å². The predicted octanol–water partition coefficient (Wildman–Crippen LogP) is 3.31. The Bertz CT molecular complexity index is 1920. The van der Waals surface area contributed by atoms with Gasteiger partial charge in [-0.2, -0.15) is 0 Å². The van der Waals surface area contributed by atoms with Gasteiger partial charge in [-0.15, -0.1) is 11.3 Å². The first-order valence-electron chi connectivity index (χ1n) is 11.9. The third-order valence-electron chi connectivity index (χ3n) is 5.88. The standard InChI is InChI=1S/C26H21N5O6S3/c1-4-37-24(34)21-14(3)28-26-30(22(21)18-6-5-9-38-18)23(33)19(40-26)12-15-11-16(31(35)36)7-8-17(15)39-25-27-13(2)10-20(32)29-25/h5-12,22H,4H2,1-3H3,(H,27,29,32)/b19-12+/t22-/m0/s1. The summed E-state index contributed by atoms with van der Waals surface area (Å²) in [7, 11) is 0. The van der Waals surface area contributed by atoms with E-state index in [0.717, 1.165) is 28.0 Å². The Hall–Kier alpha value is -4.14. The lowest BCUT2D eigenvalue weighted by molar-refractivity contribution is -0.384. The van der Waals surface area contributed by atoms with Crippen molar-refractivity contribution in [3.8, 4) is 0 Å². The van der Waals surface area contributed by atoms with Gasteiger partial charge in [0.15, 0.2) is 9.96 Å². The van der Waals surface area contributed by atoms with E-state index in [1.54, 1.807) is 32.9 Å². The van der Waals surface area contributed by atoms with Crippen LogP contribution in [0.1, 0.15) is 36.0 Å². The number of aromatic amines is 1. The minimum Gasteiger partial charge on any atom is -0.463 e. The molecule has 204 valence electrons. The number of carbonyl (C=O) groups excluding carboxylic acids is 1. The number of H-pyrrole nitrogens is 1. The summed E-state index contributed by atoms with van der Waals surface area (Å²) < 4.78 is 7.03. The molecule has 0 radical (unpaired) electrons. The molecule has 14 heteroatoms. The van der Waals surface area contributed by atoms with Crippen molar-refractivity contribution in [2.24, 2.45) is 4.99 Å². The van der Waals surface area contributed by atoms with E-state index >= 15 is 0 Å². The van der Waals surface area contributed by atoms with Crippen LogP contribution in [0.4, 0.5) is 5.69 Å². The lowest BCUT2D eigenvalue weighted by atomic mass is 10.0. The van der Waals surface area contributed by atoms with Crippen LogP contribution in [0.15, 0.2) is 77.7 Å². The summed E-state index contributed by atoms with van der Waals surface area (Å²) in [6.07, 6.45) is 1.56. The number of thiophene rings is 1. The Morgan fingerprint density at radius 2 is 2.08 bits per heavy atom. The Balaban J connectivity index is 1.69. The summed E-state index contributed by atoms with van der Waals surface area (Å²) in [5.41, 5.74) is 0.752. The monoisotopic (exact) mass is 595 g/mol. The maximum Gasteiger partial charge on any atom is 0.338 e. The van der Waals surface area contributed by atoms with Crippen molar-refractivity contribution in [1.29, 1.82) is 0 Å². The molecule has 5 rings (SSSR count). The minimum absolute atomic E-state index is 0.161. The molecule has 1 aromatic carbocycles. The number of thiazole rings is 1. The third-order valence-corrected chi connectivity index (χ3v) is 8.76. The highest BCUT2D eigenvalue weighted by Gasteiger charge is 2.34. The fourth-order valence-electron chi connectivity index (χ4n) is 4.21. The summed E-state index contributed by atoms with van der Waals surface area (Å²) in [5, 5.41) is 13.7. The maximum absolute atomic E-state index is 13.8. The minimum atomic E-state index is -0.724. The van der Waals surface area contributed by atoms with E-state index in [-0.39, 0.29) is 28.0 Å². The van der Waals surface area contributed by atoms with E-state index in [0.29, 0.717) is 31.8 Å². The second kappa shape index (κ2) is 11.2. The lowest BCUT2D eigenvalue weighted by Gasteiger charge is -2.23. The van der Waals surface area contributed by atoms with Crippen molar-refractivity contribution in [3.05, 3.63) is 109 Å². The molecule has 0 fully saturated rings. The smallest absolute Gasteiger partial charge is 0.338 e. The number of aromatic nitrogens is 3. The van der Waals surface area contributed by atoms with E-state index in [4.69, 9.17) is 4.74 Å². The van der Waals surface area contributed by atoms with Gasteiger partial charge in [0.25, 0.3) is 16.8 Å². The molecule has 4 aromatic rings. The number of esters is 1. The van der Waals surface area contributed by atoms with Crippen molar-refractivity contribution in [2.75, 3.05) is 6.61 Å². The van der Waals surface area contributed by atoms with Crippen molar-refractivity contribution >= 4 is 52.2 Å². The number of hydrogen-bond acceptors (Lipinski definition) is 11. The Labute approximate surface area is 238 Å². The van der Waals surface area contributed by atoms with Crippen LogP contribution in [0.5, 0.6) is 0 Å². The van der Waals surface area contributed by atoms with Gasteiger partial charge in [0, 0.05) is 33.7 Å². The molecular formula is C26H21N5O6S3. The van der Waals surface area contributed by atoms with Crippen LogP contribution in [0.2, 0.25) is 0 Å². The summed E-state index contributed by atoms with van der Waals surface area (Å²) >= 11 is 3.64. The molecule has 0 amide bonds. The molecule has 1 N–H and O–H groups in total. The largest absolute Gasteiger partial charge is 0.463 e. The van der Waals surface area contributed by atoms with Gasteiger partial charge in [-0.25, -0.2) is 14.8 Å². The van der Waals surface area contributed by atoms with E-state index in [2.05, 4.69) is 15.0 Å². The van der Waals surface area contributed by atoms with Gasteiger partial charge >= 0.3 is 5.97 Å². The third kappa shape index (κ3) is 5.33. The van der Waals surface area contributed by atoms with E-state index in [1.807, 2.05) is 17.5 Å². The number of fused-ring (bicyclic) bond motifs is 1. The fraction of sp³-hybridized carbons (Fsp3) is 0.192. The highest BCUT2D eigenvalue weighted by atomic mass is 32.2. The highest BCUT2D eigenvalue weighted by molar-refractivity contribution is 7.99. The first-order chi connectivity index (χ1) is 19.2. The van der Waals surface area contributed by atoms with Crippen molar-refractivity contribution in [3.63, 3.8) is 0 Å². The lowest BCUT2D eigenvalue weighted by Crippen LogP contribution is -2.39. The van der Waals surface area contributed by atoms with Crippen LogP contribution in [0.25, 0.3) is 6.08 Å². The Morgan fingerprint density at radius 3 is 2.75 bits per heavy atom. The van der Waals surface area contributed by atoms with Crippen LogP contribution in [0, 0.1) is 17.0 Å². The molecule has 11 nitrogen and oxygen atoms in total. The van der Waals surface area contributed by atoms with Gasteiger partial charge in [0.2, 0.25) is 0 Å². The van der Waals surface area contributed by atoms with Gasteiger partial charge in [-0.05, 0) is 49.9 Å². The molecule has 0 spiro atoms. The number of hydrogen-bond donors (Lipinski definition) is 1. The van der Waals surface area contributed by atoms with Gasteiger partial charge in [0.05, 0.1) is 27.3 Å². The summed E-state index contributed by atoms with van der Waals surface area (Å²) in [6, 6.07) is 8.57. The molecule has 1 atom stereocenters. The zero-order valence-electron chi connectivity index (χ0n) is 21.4. The normalized spacial score (nSPS) is 15.1. The number of ether oxygens (including phenoxy) is 1. The number of rotatable bonds is 7. The number of nitro benzene ring substituents is 1. The number of non-ortho nitro benzene ring substituents is 1. The van der Waals surface area contributed by atoms with E-state index in [1.165, 1.54) is 34.1 Å². The van der Waals surface area contributed by atoms with Crippen LogP contribution in [-0.4, -0.2) is 32.0 Å². The number of nitrogens with zero attached hydrogens (tertiary/aromatic N) is 4. The number of benzene rings is 1. The zero-order valence-corrected chi connectivity index (χ0v) is 23.8. The average Bonchev–Trinajstić information content (AvgIpc) is 3.52. The highest BCUT2D eigenvalue weighted by Crippen LogP contribution is 2.34. The molecule has 4 heterocycles. The van der Waals surface area contributed by atoms with Crippen molar-refractivity contribution < 1.29 is 14.5 Å². The molecule has 0 saturated carbocycles. The number of aryl methyl sites for hydroxylation is 1. The van der Waals surface area contributed by atoms with Crippen LogP contribution >= 0.6 is 34.4 Å². The fourth-order valence-corrected chi connectivity index (χ4v) is 6.99. The van der Waals surface area contributed by atoms with Crippen LogP contribution in [0.3, 0.4) is 0 Å². The number of nitrogens with one attached hydrogen (secondary N) is 1. The Morgan fingerprint density at radius 1 is 1.27 bits per heavy atom. The van der Waals surface area contributed by atoms with Crippen molar-refractivity contribution in [2.45, 2.75) is 36.9 Å². The van der Waals surface area contributed by atoms with Gasteiger partial charge < -0.3 is 9.72 Å².